The van der Waals surface area contributed by atoms with Crippen molar-refractivity contribution < 1.29 is 18.8 Å². The van der Waals surface area contributed by atoms with Crippen molar-refractivity contribution in [1.29, 1.82) is 0 Å². The van der Waals surface area contributed by atoms with Gasteiger partial charge in [0, 0.05) is 48.6 Å². The van der Waals surface area contributed by atoms with Crippen molar-refractivity contribution in [2.45, 2.75) is 20.1 Å². The number of nitrogens with one attached hydrogen (secondary N) is 2. The first-order valence-corrected chi connectivity index (χ1v) is 11.2. The second-order valence-corrected chi connectivity index (χ2v) is 8.47. The molecule has 3 aromatic heterocycles. The molecule has 0 atom stereocenters. The predicted molar refractivity (Wildman–Crippen MR) is 127 cm³/mol. The highest BCUT2D eigenvalue weighted by Crippen LogP contribution is 2.37. The number of nitrogens with zero attached hydrogens (tertiary/aromatic N) is 5. The number of hydrogen-bond donors (Lipinski definition) is 2. The van der Waals surface area contributed by atoms with Gasteiger partial charge in [-0.25, -0.2) is 19.4 Å². The fraction of sp³-hybridized carbons (Fsp3) is 0.250. The molecule has 0 aliphatic carbocycles. The highest BCUT2D eigenvalue weighted by atomic mass is 19.1. The van der Waals surface area contributed by atoms with E-state index in [1.54, 1.807) is 30.2 Å². The highest BCUT2D eigenvalue weighted by molar-refractivity contribution is 5.90. The number of hydrogen-bond acceptors (Lipinski definition) is 8. The average Bonchev–Trinajstić information content (AvgIpc) is 3.17. The van der Waals surface area contributed by atoms with Crippen LogP contribution in [0, 0.1) is 12.7 Å². The number of carbonyl (C=O) groups excluding carboxylic acids is 1. The molecule has 6 rings (SSSR count). The molecular formula is C24H22FN7O3. The number of ether oxygens (including phenoxy) is 1. The van der Waals surface area contributed by atoms with E-state index >= 15 is 4.39 Å². The lowest BCUT2D eigenvalue weighted by Crippen LogP contribution is -2.27. The SMILES string of the molecule is Cc1c(-c2cc3cc(Nc4cc5n(n4)CC(=O)N(C)OC5)ncc3cc2F)cnc2c1NCCO2. The summed E-state index contributed by atoms with van der Waals surface area (Å²) in [5, 5.41) is 13.6. The molecule has 0 saturated carbocycles. The fourth-order valence-electron chi connectivity index (χ4n) is 4.30. The first kappa shape index (κ1) is 21.3. The van der Waals surface area contributed by atoms with Crippen molar-refractivity contribution in [3.63, 3.8) is 0 Å². The molecule has 0 saturated heterocycles. The Balaban J connectivity index is 1.33. The molecule has 35 heavy (non-hydrogen) atoms. The van der Waals surface area contributed by atoms with Crippen LogP contribution in [0.3, 0.4) is 0 Å². The quantitative estimate of drug-likeness (QED) is 0.465. The molecule has 178 valence electrons. The minimum atomic E-state index is -0.353. The smallest absolute Gasteiger partial charge is 0.267 e. The molecule has 0 bridgehead atoms. The molecule has 0 unspecified atom stereocenters. The largest absolute Gasteiger partial charge is 0.474 e. The van der Waals surface area contributed by atoms with Crippen LogP contribution >= 0.6 is 0 Å². The maximum Gasteiger partial charge on any atom is 0.267 e. The zero-order valence-electron chi connectivity index (χ0n) is 19.1. The molecule has 1 amide bonds. The number of likely N-dealkylation sites (N-methyl/N-ethyl adjacent to an activating group) is 1. The zero-order chi connectivity index (χ0) is 24.1. The Morgan fingerprint density at radius 3 is 2.86 bits per heavy atom. The maximum absolute atomic E-state index is 15.1. The van der Waals surface area contributed by atoms with E-state index in [2.05, 4.69) is 25.7 Å². The van der Waals surface area contributed by atoms with Gasteiger partial charge in [0.15, 0.2) is 5.82 Å². The maximum atomic E-state index is 15.1. The van der Waals surface area contributed by atoms with E-state index < -0.39 is 0 Å². The number of rotatable bonds is 3. The standard InChI is InChI=1S/C24H22FN7O3/c1-13-18(10-28-24-23(13)26-3-4-34-24)17-5-14-7-20(27-9-15(14)6-19(17)25)29-21-8-16-12-35-31(2)22(33)11-32(16)30-21/h5-10,26H,3-4,11-12H2,1-2H3,(H,27,29,30). The summed E-state index contributed by atoms with van der Waals surface area (Å²) >= 11 is 0. The van der Waals surface area contributed by atoms with Crippen LogP contribution in [0.25, 0.3) is 21.9 Å². The van der Waals surface area contributed by atoms with Gasteiger partial charge in [-0.15, -0.1) is 0 Å². The van der Waals surface area contributed by atoms with Crippen LogP contribution in [-0.4, -0.2) is 50.9 Å². The van der Waals surface area contributed by atoms with Gasteiger partial charge in [-0.1, -0.05) is 0 Å². The zero-order valence-corrected chi connectivity index (χ0v) is 19.1. The monoisotopic (exact) mass is 475 g/mol. The summed E-state index contributed by atoms with van der Waals surface area (Å²) in [6.45, 7) is 3.48. The summed E-state index contributed by atoms with van der Waals surface area (Å²) in [7, 11) is 1.58. The summed E-state index contributed by atoms with van der Waals surface area (Å²) in [5.41, 5.74) is 3.58. The molecule has 2 aliphatic heterocycles. The minimum absolute atomic E-state index is 0.0926. The van der Waals surface area contributed by atoms with Gasteiger partial charge in [-0.2, -0.15) is 5.10 Å². The lowest BCUT2D eigenvalue weighted by molar-refractivity contribution is -0.180. The van der Waals surface area contributed by atoms with Crippen molar-refractivity contribution in [3.8, 4) is 17.0 Å². The Morgan fingerprint density at radius 2 is 1.97 bits per heavy atom. The summed E-state index contributed by atoms with van der Waals surface area (Å²) < 4.78 is 22.3. The number of benzene rings is 1. The minimum Gasteiger partial charge on any atom is -0.474 e. The van der Waals surface area contributed by atoms with Crippen LogP contribution in [0.15, 0.2) is 36.7 Å². The van der Waals surface area contributed by atoms with E-state index in [1.165, 1.54) is 11.1 Å². The summed E-state index contributed by atoms with van der Waals surface area (Å²) in [6.07, 6.45) is 3.26. The Kier molecular flexibility index (Phi) is 4.99. The Morgan fingerprint density at radius 1 is 1.09 bits per heavy atom. The van der Waals surface area contributed by atoms with Crippen LogP contribution < -0.4 is 15.4 Å². The van der Waals surface area contributed by atoms with E-state index in [0.717, 1.165) is 22.3 Å². The first-order chi connectivity index (χ1) is 17.0. The van der Waals surface area contributed by atoms with Crippen molar-refractivity contribution in [3.05, 3.63) is 53.7 Å². The van der Waals surface area contributed by atoms with Crippen molar-refractivity contribution in [1.82, 2.24) is 24.8 Å². The lowest BCUT2D eigenvalue weighted by atomic mass is 9.98. The molecule has 2 N–H and O–H groups in total. The van der Waals surface area contributed by atoms with Crippen LogP contribution in [-0.2, 0) is 22.8 Å². The molecule has 2 aliphatic rings. The van der Waals surface area contributed by atoms with Gasteiger partial charge < -0.3 is 15.4 Å². The van der Waals surface area contributed by atoms with E-state index in [0.29, 0.717) is 47.2 Å². The van der Waals surface area contributed by atoms with Crippen LogP contribution in [0.2, 0.25) is 0 Å². The van der Waals surface area contributed by atoms with Gasteiger partial charge in [0.05, 0.1) is 5.69 Å². The van der Waals surface area contributed by atoms with E-state index in [1.807, 2.05) is 19.1 Å². The number of hydroxylamine groups is 2. The Hall–Kier alpha value is -4.25. The average molecular weight is 475 g/mol. The van der Waals surface area contributed by atoms with Gasteiger partial charge in [0.1, 0.15) is 37.1 Å². The third kappa shape index (κ3) is 3.79. The van der Waals surface area contributed by atoms with Crippen LogP contribution in [0.5, 0.6) is 5.88 Å². The number of amides is 1. The number of halogens is 1. The number of aromatic nitrogens is 4. The number of anilines is 3. The van der Waals surface area contributed by atoms with Gasteiger partial charge in [-0.05, 0) is 36.1 Å². The second-order valence-electron chi connectivity index (χ2n) is 8.47. The Bertz CT molecular complexity index is 1490. The summed E-state index contributed by atoms with van der Waals surface area (Å²) in [5.74, 6) is 1.07. The molecule has 0 spiro atoms. The van der Waals surface area contributed by atoms with Crippen LogP contribution in [0.4, 0.5) is 21.7 Å². The normalized spacial score (nSPS) is 15.2. The van der Waals surface area contributed by atoms with Crippen molar-refractivity contribution in [2.24, 2.45) is 0 Å². The van der Waals surface area contributed by atoms with E-state index in [4.69, 9.17) is 9.57 Å². The van der Waals surface area contributed by atoms with E-state index in [9.17, 15) is 4.79 Å². The van der Waals surface area contributed by atoms with Gasteiger partial charge in [0.25, 0.3) is 5.91 Å². The summed E-state index contributed by atoms with van der Waals surface area (Å²) in [4.78, 5) is 26.2. The van der Waals surface area contributed by atoms with Crippen molar-refractivity contribution >= 4 is 34.0 Å². The molecular weight excluding hydrogens is 453 g/mol. The van der Waals surface area contributed by atoms with Crippen molar-refractivity contribution in [2.75, 3.05) is 30.8 Å². The Labute approximate surface area is 199 Å². The molecule has 4 aromatic rings. The number of pyridine rings is 2. The number of fused-ring (bicyclic) bond motifs is 3. The topological polar surface area (TPSA) is 106 Å². The number of carbonyl (C=O) groups is 1. The molecule has 11 heteroatoms. The lowest BCUT2D eigenvalue weighted by Gasteiger charge is -2.21. The predicted octanol–water partition coefficient (Wildman–Crippen LogP) is 3.39. The van der Waals surface area contributed by atoms with Gasteiger partial charge in [-0.3, -0.25) is 14.3 Å². The van der Waals surface area contributed by atoms with Gasteiger partial charge >= 0.3 is 0 Å². The molecule has 5 heterocycles. The first-order valence-electron chi connectivity index (χ1n) is 11.2. The molecule has 0 radical (unpaired) electrons. The molecule has 10 nitrogen and oxygen atoms in total. The third-order valence-electron chi connectivity index (χ3n) is 6.21. The fourth-order valence-corrected chi connectivity index (χ4v) is 4.30. The van der Waals surface area contributed by atoms with Gasteiger partial charge in [0.2, 0.25) is 5.88 Å². The summed E-state index contributed by atoms with van der Waals surface area (Å²) in [6, 6.07) is 6.91. The second kappa shape index (κ2) is 8.20. The molecule has 0 fully saturated rings. The third-order valence-corrected chi connectivity index (χ3v) is 6.21. The van der Waals surface area contributed by atoms with Crippen LogP contribution in [0.1, 0.15) is 11.3 Å². The highest BCUT2D eigenvalue weighted by Gasteiger charge is 2.21. The molecule has 1 aromatic carbocycles. The van der Waals surface area contributed by atoms with E-state index in [-0.39, 0.29) is 24.9 Å².